The van der Waals surface area contributed by atoms with Crippen LogP contribution in [0.15, 0.2) is 46.9 Å². The zero-order valence-electron chi connectivity index (χ0n) is 9.21. The second kappa shape index (κ2) is 5.32. The lowest BCUT2D eigenvalue weighted by Crippen LogP contribution is -2.02. The summed E-state index contributed by atoms with van der Waals surface area (Å²) in [5.41, 5.74) is 2.47. The van der Waals surface area contributed by atoms with Crippen molar-refractivity contribution in [1.29, 1.82) is 0 Å². The van der Waals surface area contributed by atoms with Crippen LogP contribution in [0.1, 0.15) is 11.1 Å². The van der Waals surface area contributed by atoms with Gasteiger partial charge in [-0.15, -0.1) is 0 Å². The number of hydrogen-bond donors (Lipinski definition) is 1. The Labute approximate surface area is 109 Å². The Morgan fingerprint density at radius 2 is 1.94 bits per heavy atom. The Balaban J connectivity index is 2.10. The number of anilines is 1. The van der Waals surface area contributed by atoms with E-state index in [2.05, 4.69) is 28.2 Å². The molecule has 1 radical (unpaired) electrons. The summed E-state index contributed by atoms with van der Waals surface area (Å²) in [5, 5.41) is 3.17. The first-order chi connectivity index (χ1) is 8.16. The van der Waals surface area contributed by atoms with Gasteiger partial charge < -0.3 is 5.32 Å². The molecule has 0 saturated carbocycles. The van der Waals surface area contributed by atoms with Crippen LogP contribution < -0.4 is 5.32 Å². The molecule has 0 spiro atoms. The molecular weight excluding hydrogens is 281 g/mol. The largest absolute Gasteiger partial charge is 0.381 e. The third kappa shape index (κ3) is 3.07. The molecular formula is C14H12BrFN. The van der Waals surface area contributed by atoms with Gasteiger partial charge in [0.1, 0.15) is 5.82 Å². The second-order valence-corrected chi connectivity index (χ2v) is 4.66. The van der Waals surface area contributed by atoms with Crippen LogP contribution in [0.5, 0.6) is 0 Å². The van der Waals surface area contributed by atoms with Crippen LogP contribution in [0.25, 0.3) is 0 Å². The third-order valence-corrected chi connectivity index (χ3v) is 3.00. The SMILES string of the molecule is [CH2]c1ccccc1NCc1ccc(Br)cc1F. The highest BCUT2D eigenvalue weighted by Gasteiger charge is 2.03. The lowest BCUT2D eigenvalue weighted by Gasteiger charge is -2.10. The maximum absolute atomic E-state index is 13.6. The molecule has 2 rings (SSSR count). The van der Waals surface area contributed by atoms with Gasteiger partial charge in [-0.05, 0) is 30.7 Å². The summed E-state index contributed by atoms with van der Waals surface area (Å²) < 4.78 is 14.3. The summed E-state index contributed by atoms with van der Waals surface area (Å²) in [7, 11) is 0. The van der Waals surface area contributed by atoms with Crippen molar-refractivity contribution in [2.75, 3.05) is 5.32 Å². The van der Waals surface area contributed by atoms with Crippen LogP contribution in [0.4, 0.5) is 10.1 Å². The highest BCUT2D eigenvalue weighted by molar-refractivity contribution is 9.10. The monoisotopic (exact) mass is 292 g/mol. The molecule has 0 amide bonds. The number of nitrogens with one attached hydrogen (secondary N) is 1. The van der Waals surface area contributed by atoms with E-state index in [1.807, 2.05) is 30.3 Å². The van der Waals surface area contributed by atoms with Gasteiger partial charge in [-0.3, -0.25) is 0 Å². The number of halogens is 2. The van der Waals surface area contributed by atoms with Crippen molar-refractivity contribution < 1.29 is 4.39 Å². The first kappa shape index (κ1) is 12.1. The first-order valence-electron chi connectivity index (χ1n) is 5.25. The van der Waals surface area contributed by atoms with Crippen molar-refractivity contribution in [3.05, 3.63) is 70.8 Å². The molecule has 0 atom stereocenters. The van der Waals surface area contributed by atoms with Crippen LogP contribution in [0.3, 0.4) is 0 Å². The highest BCUT2D eigenvalue weighted by atomic mass is 79.9. The number of benzene rings is 2. The number of rotatable bonds is 3. The zero-order valence-corrected chi connectivity index (χ0v) is 10.8. The molecule has 2 aromatic carbocycles. The van der Waals surface area contributed by atoms with Crippen LogP contribution >= 0.6 is 15.9 Å². The van der Waals surface area contributed by atoms with Crippen LogP contribution in [0, 0.1) is 12.7 Å². The molecule has 87 valence electrons. The van der Waals surface area contributed by atoms with Gasteiger partial charge in [0.15, 0.2) is 0 Å². The van der Waals surface area contributed by atoms with Gasteiger partial charge in [0.05, 0.1) is 0 Å². The Hall–Kier alpha value is -1.35. The molecule has 3 heteroatoms. The molecule has 0 saturated heterocycles. The fourth-order valence-corrected chi connectivity index (χ4v) is 1.88. The number of para-hydroxylation sites is 1. The van der Waals surface area contributed by atoms with Gasteiger partial charge in [0.2, 0.25) is 0 Å². The highest BCUT2D eigenvalue weighted by Crippen LogP contribution is 2.18. The van der Waals surface area contributed by atoms with Gasteiger partial charge >= 0.3 is 0 Å². The standard InChI is InChI=1S/C14H12BrFN/c1-10-4-2-3-5-14(10)17-9-11-6-7-12(15)8-13(11)16/h2-8,17H,1,9H2. The molecule has 0 fully saturated rings. The third-order valence-electron chi connectivity index (χ3n) is 2.50. The maximum atomic E-state index is 13.6. The van der Waals surface area contributed by atoms with Gasteiger partial charge in [0, 0.05) is 22.3 Å². The van der Waals surface area contributed by atoms with E-state index in [-0.39, 0.29) is 5.82 Å². The predicted octanol–water partition coefficient (Wildman–Crippen LogP) is 4.38. The average molecular weight is 293 g/mol. The molecule has 17 heavy (non-hydrogen) atoms. The summed E-state index contributed by atoms with van der Waals surface area (Å²) in [6.07, 6.45) is 0. The van der Waals surface area contributed by atoms with E-state index >= 15 is 0 Å². The summed E-state index contributed by atoms with van der Waals surface area (Å²) in [6.45, 7) is 4.36. The van der Waals surface area contributed by atoms with E-state index in [9.17, 15) is 4.39 Å². The van der Waals surface area contributed by atoms with E-state index in [0.29, 0.717) is 12.1 Å². The molecule has 0 aliphatic carbocycles. The second-order valence-electron chi connectivity index (χ2n) is 3.75. The minimum absolute atomic E-state index is 0.214. The fourth-order valence-electron chi connectivity index (χ4n) is 1.55. The maximum Gasteiger partial charge on any atom is 0.129 e. The summed E-state index contributed by atoms with van der Waals surface area (Å²) >= 11 is 3.23. The van der Waals surface area contributed by atoms with Gasteiger partial charge in [-0.2, -0.15) is 0 Å². The molecule has 1 nitrogen and oxygen atoms in total. The van der Waals surface area contributed by atoms with E-state index in [4.69, 9.17) is 0 Å². The Morgan fingerprint density at radius 3 is 2.65 bits per heavy atom. The minimum Gasteiger partial charge on any atom is -0.381 e. The van der Waals surface area contributed by atoms with Crippen molar-refractivity contribution in [3.63, 3.8) is 0 Å². The zero-order chi connectivity index (χ0) is 12.3. The van der Waals surface area contributed by atoms with E-state index in [1.165, 1.54) is 6.07 Å². The molecule has 0 bridgehead atoms. The normalized spacial score (nSPS) is 10.3. The van der Waals surface area contributed by atoms with E-state index in [0.717, 1.165) is 15.7 Å². The molecule has 0 heterocycles. The summed E-state index contributed by atoms with van der Waals surface area (Å²) in [5.74, 6) is -0.214. The van der Waals surface area contributed by atoms with Crippen LogP contribution in [-0.2, 0) is 6.54 Å². The number of hydrogen-bond acceptors (Lipinski definition) is 1. The predicted molar refractivity (Wildman–Crippen MR) is 72.3 cm³/mol. The fraction of sp³-hybridized carbons (Fsp3) is 0.0714. The molecule has 1 N–H and O–H groups in total. The van der Waals surface area contributed by atoms with Crippen molar-refractivity contribution in [2.45, 2.75) is 6.54 Å². The Morgan fingerprint density at radius 1 is 1.18 bits per heavy atom. The minimum atomic E-state index is -0.214. The van der Waals surface area contributed by atoms with Crippen molar-refractivity contribution in [3.8, 4) is 0 Å². The van der Waals surface area contributed by atoms with Crippen molar-refractivity contribution in [2.24, 2.45) is 0 Å². The quantitative estimate of drug-likeness (QED) is 0.885. The lowest BCUT2D eigenvalue weighted by atomic mass is 10.1. The molecule has 0 aliphatic rings. The van der Waals surface area contributed by atoms with Crippen LogP contribution in [-0.4, -0.2) is 0 Å². The Kier molecular flexibility index (Phi) is 3.79. The van der Waals surface area contributed by atoms with Gasteiger partial charge in [0.25, 0.3) is 0 Å². The molecule has 2 aromatic rings. The topological polar surface area (TPSA) is 12.0 Å². The summed E-state index contributed by atoms with van der Waals surface area (Å²) in [4.78, 5) is 0. The lowest BCUT2D eigenvalue weighted by molar-refractivity contribution is 0.612. The van der Waals surface area contributed by atoms with Crippen molar-refractivity contribution >= 4 is 21.6 Å². The molecule has 0 aromatic heterocycles. The smallest absolute Gasteiger partial charge is 0.129 e. The summed E-state index contributed by atoms with van der Waals surface area (Å²) in [6, 6.07) is 12.8. The van der Waals surface area contributed by atoms with Gasteiger partial charge in [-0.1, -0.05) is 40.2 Å². The Bertz CT molecular complexity index is 525. The van der Waals surface area contributed by atoms with Crippen molar-refractivity contribution in [1.82, 2.24) is 0 Å². The molecule has 0 unspecified atom stereocenters. The van der Waals surface area contributed by atoms with E-state index < -0.39 is 0 Å². The van der Waals surface area contributed by atoms with Gasteiger partial charge in [-0.25, -0.2) is 4.39 Å². The first-order valence-corrected chi connectivity index (χ1v) is 6.05. The average Bonchev–Trinajstić information content (AvgIpc) is 2.30. The van der Waals surface area contributed by atoms with E-state index in [1.54, 1.807) is 6.07 Å². The molecule has 0 aliphatic heterocycles. The van der Waals surface area contributed by atoms with Crippen LogP contribution in [0.2, 0.25) is 0 Å².